The van der Waals surface area contributed by atoms with Crippen LogP contribution >= 0.6 is 0 Å². The highest BCUT2D eigenvalue weighted by molar-refractivity contribution is 5.84. The summed E-state index contributed by atoms with van der Waals surface area (Å²) < 4.78 is 7.38. The molecule has 0 atom stereocenters. The van der Waals surface area contributed by atoms with Gasteiger partial charge in [-0.3, -0.25) is 19.3 Å². The van der Waals surface area contributed by atoms with E-state index in [-0.39, 0.29) is 24.2 Å². The van der Waals surface area contributed by atoms with E-state index in [4.69, 9.17) is 9.72 Å². The van der Waals surface area contributed by atoms with Crippen LogP contribution in [0.3, 0.4) is 0 Å². The van der Waals surface area contributed by atoms with Gasteiger partial charge in [0.25, 0.3) is 5.56 Å². The number of ketones is 1. The van der Waals surface area contributed by atoms with Gasteiger partial charge in [-0.25, -0.2) is 4.98 Å². The van der Waals surface area contributed by atoms with Crippen LogP contribution in [0.2, 0.25) is 0 Å². The normalized spacial score (nSPS) is 11.1. The maximum atomic E-state index is 12.9. The smallest absolute Gasteiger partial charge is 0.277 e. The molecule has 0 radical (unpaired) electrons. The Bertz CT molecular complexity index is 1340. The number of pyridine rings is 1. The predicted molar refractivity (Wildman–Crippen MR) is 126 cm³/mol. The minimum absolute atomic E-state index is 0.0539. The SMILES string of the molecule is CCCc1nn(C)c2c(=O)[nH]c(-c3cc(CC(=O)Cc4ccccn4)ccc3OCC)nc12. The largest absolute Gasteiger partial charge is 0.493 e. The number of nitrogens with one attached hydrogen (secondary N) is 1. The number of aromatic nitrogens is 5. The molecule has 0 bridgehead atoms. The second-order valence-electron chi connectivity index (χ2n) is 7.91. The number of benzene rings is 1. The molecule has 0 amide bonds. The van der Waals surface area contributed by atoms with E-state index in [0.29, 0.717) is 34.8 Å². The van der Waals surface area contributed by atoms with E-state index in [0.717, 1.165) is 29.8 Å². The molecule has 4 aromatic rings. The average Bonchev–Trinajstić information content (AvgIpc) is 3.11. The van der Waals surface area contributed by atoms with Crippen molar-refractivity contribution in [1.29, 1.82) is 0 Å². The Morgan fingerprint density at radius 3 is 2.73 bits per heavy atom. The number of hydrogen-bond donors (Lipinski definition) is 1. The standard InChI is InChI=1S/C25H27N5O3/c1-4-8-20-22-23(30(3)29-20)25(32)28-24(27-22)19-14-16(10-11-21(19)33-5-2)13-18(31)15-17-9-6-7-12-26-17/h6-7,9-12,14H,4-5,8,13,15H2,1-3H3,(H,27,28,32). The van der Waals surface area contributed by atoms with Gasteiger partial charge in [0, 0.05) is 31.8 Å². The van der Waals surface area contributed by atoms with Crippen molar-refractivity contribution < 1.29 is 9.53 Å². The van der Waals surface area contributed by atoms with E-state index in [1.54, 1.807) is 17.9 Å². The molecular formula is C25H27N5O3. The fourth-order valence-electron chi connectivity index (χ4n) is 3.93. The minimum atomic E-state index is -0.258. The number of aryl methyl sites for hydroxylation is 2. The Labute approximate surface area is 191 Å². The third kappa shape index (κ3) is 4.84. The molecule has 4 rings (SSSR count). The van der Waals surface area contributed by atoms with Crippen LogP contribution in [0.5, 0.6) is 5.75 Å². The zero-order valence-corrected chi connectivity index (χ0v) is 19.1. The van der Waals surface area contributed by atoms with Gasteiger partial charge in [0.2, 0.25) is 0 Å². The quantitative estimate of drug-likeness (QED) is 0.423. The van der Waals surface area contributed by atoms with Crippen LogP contribution < -0.4 is 10.3 Å². The first-order valence-electron chi connectivity index (χ1n) is 11.1. The summed E-state index contributed by atoms with van der Waals surface area (Å²) in [5, 5.41) is 4.48. The van der Waals surface area contributed by atoms with Crippen LogP contribution in [0, 0.1) is 0 Å². The molecule has 0 saturated heterocycles. The summed E-state index contributed by atoms with van der Waals surface area (Å²) in [5.41, 5.74) is 3.78. The monoisotopic (exact) mass is 445 g/mol. The third-order valence-electron chi connectivity index (χ3n) is 5.35. The highest BCUT2D eigenvalue weighted by atomic mass is 16.5. The number of carbonyl (C=O) groups excluding carboxylic acids is 1. The summed E-state index contributed by atoms with van der Waals surface area (Å²) in [4.78, 5) is 37.4. The van der Waals surface area contributed by atoms with Gasteiger partial charge < -0.3 is 9.72 Å². The molecule has 1 aromatic carbocycles. The highest BCUT2D eigenvalue weighted by Gasteiger charge is 2.18. The second-order valence-corrected chi connectivity index (χ2v) is 7.91. The minimum Gasteiger partial charge on any atom is -0.493 e. The lowest BCUT2D eigenvalue weighted by Crippen LogP contribution is -2.13. The lowest BCUT2D eigenvalue weighted by Gasteiger charge is -2.12. The zero-order chi connectivity index (χ0) is 23.4. The maximum Gasteiger partial charge on any atom is 0.277 e. The van der Waals surface area contributed by atoms with Crippen LogP contribution in [-0.4, -0.2) is 37.1 Å². The molecule has 0 spiro atoms. The fourth-order valence-corrected chi connectivity index (χ4v) is 3.93. The van der Waals surface area contributed by atoms with Gasteiger partial charge in [0.05, 0.1) is 17.9 Å². The number of hydrogen-bond acceptors (Lipinski definition) is 6. The Morgan fingerprint density at radius 1 is 1.15 bits per heavy atom. The lowest BCUT2D eigenvalue weighted by molar-refractivity contribution is -0.117. The summed E-state index contributed by atoms with van der Waals surface area (Å²) in [7, 11) is 1.75. The summed E-state index contributed by atoms with van der Waals surface area (Å²) >= 11 is 0. The predicted octanol–water partition coefficient (Wildman–Crippen LogP) is 3.42. The summed E-state index contributed by atoms with van der Waals surface area (Å²) in [6, 6.07) is 11.1. The molecule has 0 aliphatic heterocycles. The Balaban J connectivity index is 1.73. The van der Waals surface area contributed by atoms with Gasteiger partial charge >= 0.3 is 0 Å². The Kier molecular flexibility index (Phi) is 6.63. The van der Waals surface area contributed by atoms with E-state index in [1.807, 2.05) is 43.3 Å². The van der Waals surface area contributed by atoms with Gasteiger partial charge in [-0.05, 0) is 43.2 Å². The van der Waals surface area contributed by atoms with Gasteiger partial charge in [0.15, 0.2) is 5.52 Å². The number of Topliss-reactive ketones (excluding diaryl/α,β-unsaturated/α-hetero) is 1. The molecule has 0 aliphatic carbocycles. The van der Waals surface area contributed by atoms with Crippen molar-refractivity contribution in [2.24, 2.45) is 7.05 Å². The van der Waals surface area contributed by atoms with Crippen molar-refractivity contribution in [2.45, 2.75) is 39.5 Å². The van der Waals surface area contributed by atoms with Crippen LogP contribution in [-0.2, 0) is 31.1 Å². The molecule has 3 heterocycles. The molecule has 1 N–H and O–H groups in total. The number of aromatic amines is 1. The number of fused-ring (bicyclic) bond motifs is 1. The zero-order valence-electron chi connectivity index (χ0n) is 19.1. The first-order valence-corrected chi connectivity index (χ1v) is 11.1. The maximum absolute atomic E-state index is 12.9. The van der Waals surface area contributed by atoms with Crippen molar-refractivity contribution in [1.82, 2.24) is 24.7 Å². The molecule has 3 aromatic heterocycles. The topological polar surface area (TPSA) is 103 Å². The number of nitrogens with zero attached hydrogens (tertiary/aromatic N) is 4. The molecule has 33 heavy (non-hydrogen) atoms. The number of rotatable bonds is 9. The van der Waals surface area contributed by atoms with Gasteiger partial charge in [0.1, 0.15) is 22.9 Å². The molecule has 0 fully saturated rings. The molecule has 170 valence electrons. The van der Waals surface area contributed by atoms with E-state index < -0.39 is 0 Å². The van der Waals surface area contributed by atoms with Crippen LogP contribution in [0.1, 0.15) is 37.2 Å². The van der Waals surface area contributed by atoms with Gasteiger partial charge in [-0.15, -0.1) is 0 Å². The van der Waals surface area contributed by atoms with E-state index in [1.165, 1.54) is 0 Å². The van der Waals surface area contributed by atoms with Crippen LogP contribution in [0.25, 0.3) is 22.4 Å². The van der Waals surface area contributed by atoms with Crippen LogP contribution in [0.15, 0.2) is 47.4 Å². The van der Waals surface area contributed by atoms with Crippen molar-refractivity contribution in [2.75, 3.05) is 6.61 Å². The highest BCUT2D eigenvalue weighted by Crippen LogP contribution is 2.30. The van der Waals surface area contributed by atoms with E-state index in [9.17, 15) is 9.59 Å². The van der Waals surface area contributed by atoms with Crippen LogP contribution in [0.4, 0.5) is 0 Å². The first-order chi connectivity index (χ1) is 16.0. The molecule has 8 nitrogen and oxygen atoms in total. The molecule has 0 saturated carbocycles. The second kappa shape index (κ2) is 9.77. The van der Waals surface area contributed by atoms with E-state index in [2.05, 4.69) is 22.0 Å². The van der Waals surface area contributed by atoms with E-state index >= 15 is 0 Å². The van der Waals surface area contributed by atoms with Crippen molar-refractivity contribution in [3.05, 3.63) is 69.9 Å². The van der Waals surface area contributed by atoms with Gasteiger partial charge in [-0.2, -0.15) is 5.10 Å². The molecule has 0 unspecified atom stereocenters. The average molecular weight is 446 g/mol. The summed E-state index contributed by atoms with van der Waals surface area (Å²) in [5.74, 6) is 1.06. The lowest BCUT2D eigenvalue weighted by atomic mass is 10.0. The third-order valence-corrected chi connectivity index (χ3v) is 5.35. The van der Waals surface area contributed by atoms with Crippen molar-refractivity contribution in [3.8, 4) is 17.1 Å². The van der Waals surface area contributed by atoms with Crippen molar-refractivity contribution >= 4 is 16.8 Å². The Morgan fingerprint density at radius 2 is 2.00 bits per heavy atom. The van der Waals surface area contributed by atoms with Crippen molar-refractivity contribution in [3.63, 3.8) is 0 Å². The summed E-state index contributed by atoms with van der Waals surface area (Å²) in [6.07, 6.45) is 3.82. The van der Waals surface area contributed by atoms with Gasteiger partial charge in [-0.1, -0.05) is 25.5 Å². The fraction of sp³-hybridized carbons (Fsp3) is 0.320. The summed E-state index contributed by atoms with van der Waals surface area (Å²) in [6.45, 7) is 4.42. The number of H-pyrrole nitrogens is 1. The molecule has 8 heteroatoms. The molecular weight excluding hydrogens is 418 g/mol. The number of ether oxygens (including phenoxy) is 1. The Hall–Kier alpha value is -3.81. The molecule has 0 aliphatic rings. The number of carbonyl (C=O) groups is 1. The first kappa shape index (κ1) is 22.4.